The Morgan fingerprint density at radius 2 is 1.85 bits per heavy atom. The molecule has 0 amide bonds. The summed E-state index contributed by atoms with van der Waals surface area (Å²) in [5.74, 6) is -1.61. The van der Waals surface area contributed by atoms with Gasteiger partial charge in [0, 0.05) is 24.2 Å². The van der Waals surface area contributed by atoms with Crippen molar-refractivity contribution in [2.45, 2.75) is 38.6 Å². The van der Waals surface area contributed by atoms with E-state index in [9.17, 15) is 13.6 Å². The molecule has 2 aliphatic heterocycles. The van der Waals surface area contributed by atoms with Crippen LogP contribution in [0.25, 0.3) is 0 Å². The molecule has 1 fully saturated rings. The third kappa shape index (κ3) is 3.98. The highest BCUT2D eigenvalue weighted by molar-refractivity contribution is 6.15. The number of fused-ring (bicyclic) bond motifs is 1. The Morgan fingerprint density at radius 3 is 2.67 bits per heavy atom. The third-order valence-electron chi connectivity index (χ3n) is 5.33. The maximum atomic E-state index is 13.8. The molecule has 0 atom stereocenters. The molecule has 0 spiro atoms. The number of aliphatic imine (C=N–C) groups is 1. The molecular weight excluding hydrogens is 346 g/mol. The van der Waals surface area contributed by atoms with Crippen molar-refractivity contribution in [1.29, 1.82) is 0 Å². The van der Waals surface area contributed by atoms with Gasteiger partial charge in [-0.1, -0.05) is 18.2 Å². The summed E-state index contributed by atoms with van der Waals surface area (Å²) in [7, 11) is 0. The van der Waals surface area contributed by atoms with E-state index < -0.39 is 11.6 Å². The van der Waals surface area contributed by atoms with E-state index in [-0.39, 0.29) is 12.2 Å². The Morgan fingerprint density at radius 1 is 1.04 bits per heavy atom. The van der Waals surface area contributed by atoms with Crippen LogP contribution in [-0.4, -0.2) is 29.5 Å². The normalized spacial score (nSPS) is 17.1. The number of rotatable bonds is 5. The number of hydrogen-bond acceptors (Lipinski definition) is 3. The number of nitrogens with zero attached hydrogens (tertiary/aromatic N) is 2. The van der Waals surface area contributed by atoms with E-state index in [1.54, 1.807) is 6.07 Å². The molecule has 1 saturated heterocycles. The number of carbonyl (C=O) groups is 1. The average molecular weight is 368 g/mol. The van der Waals surface area contributed by atoms with E-state index in [0.717, 1.165) is 37.0 Å². The first-order valence-electron chi connectivity index (χ1n) is 9.48. The predicted octanol–water partition coefficient (Wildman–Crippen LogP) is 4.85. The van der Waals surface area contributed by atoms with E-state index >= 15 is 0 Å². The molecule has 4 rings (SSSR count). The van der Waals surface area contributed by atoms with Crippen molar-refractivity contribution in [3.63, 3.8) is 0 Å². The third-order valence-corrected chi connectivity index (χ3v) is 5.33. The summed E-state index contributed by atoms with van der Waals surface area (Å²) in [5.41, 5.74) is 3.57. The first kappa shape index (κ1) is 18.0. The van der Waals surface area contributed by atoms with Crippen LogP contribution in [0, 0.1) is 11.6 Å². The summed E-state index contributed by atoms with van der Waals surface area (Å²) in [6.07, 6.45) is 3.50. The second-order valence-corrected chi connectivity index (χ2v) is 7.33. The monoisotopic (exact) mass is 368 g/mol. The molecule has 140 valence electrons. The number of Topliss-reactive ketones (excluding diaryl/α,β-unsaturated/α-hetero) is 1. The fourth-order valence-corrected chi connectivity index (χ4v) is 3.86. The van der Waals surface area contributed by atoms with Crippen LogP contribution in [-0.2, 0) is 13.0 Å². The van der Waals surface area contributed by atoms with Gasteiger partial charge in [0.15, 0.2) is 17.4 Å². The summed E-state index contributed by atoms with van der Waals surface area (Å²) < 4.78 is 27.2. The highest BCUT2D eigenvalue weighted by Crippen LogP contribution is 2.29. The Bertz CT molecular complexity index is 901. The van der Waals surface area contributed by atoms with Crippen molar-refractivity contribution in [1.82, 2.24) is 4.90 Å². The molecule has 0 aromatic heterocycles. The molecule has 2 aromatic carbocycles. The minimum atomic E-state index is -0.842. The molecule has 2 heterocycles. The summed E-state index contributed by atoms with van der Waals surface area (Å²) in [6.45, 7) is 3.11. The van der Waals surface area contributed by atoms with Gasteiger partial charge in [0.25, 0.3) is 0 Å². The standard InChI is InChI=1S/C22H22F2N2O/c23-19-5-3-4-16(22(19)24)7-8-17-13-21(27)18-9-6-15(12-20(18)25-17)14-26-10-1-2-11-26/h3-6,9,12H,1-2,7-8,10-11,13-14H2. The number of benzene rings is 2. The van der Waals surface area contributed by atoms with Crippen LogP contribution < -0.4 is 0 Å². The first-order valence-corrected chi connectivity index (χ1v) is 9.48. The summed E-state index contributed by atoms with van der Waals surface area (Å²) in [5, 5.41) is 0. The molecule has 2 aromatic rings. The number of carbonyl (C=O) groups excluding carboxylic acids is 1. The van der Waals surface area contributed by atoms with Crippen LogP contribution in [0.2, 0.25) is 0 Å². The van der Waals surface area contributed by atoms with E-state index in [0.29, 0.717) is 29.7 Å². The van der Waals surface area contributed by atoms with E-state index in [2.05, 4.69) is 9.89 Å². The van der Waals surface area contributed by atoms with Crippen LogP contribution in [0.4, 0.5) is 14.5 Å². The lowest BCUT2D eigenvalue weighted by molar-refractivity contribution is 0.0999. The number of aryl methyl sites for hydroxylation is 1. The van der Waals surface area contributed by atoms with Crippen LogP contribution in [0.3, 0.4) is 0 Å². The van der Waals surface area contributed by atoms with E-state index in [1.807, 2.05) is 18.2 Å². The van der Waals surface area contributed by atoms with Crippen LogP contribution in [0.5, 0.6) is 0 Å². The van der Waals surface area contributed by atoms with Gasteiger partial charge in [-0.05, 0) is 68.1 Å². The van der Waals surface area contributed by atoms with Gasteiger partial charge in [-0.3, -0.25) is 14.7 Å². The summed E-state index contributed by atoms with van der Waals surface area (Å²) >= 11 is 0. The molecule has 0 radical (unpaired) electrons. The molecule has 2 aliphatic rings. The van der Waals surface area contributed by atoms with Gasteiger partial charge in [0.1, 0.15) is 0 Å². The lowest BCUT2D eigenvalue weighted by Crippen LogP contribution is -2.19. The second kappa shape index (κ2) is 7.69. The Kier molecular flexibility index (Phi) is 5.12. The largest absolute Gasteiger partial charge is 0.299 e. The smallest absolute Gasteiger partial charge is 0.170 e. The maximum absolute atomic E-state index is 13.8. The van der Waals surface area contributed by atoms with Crippen molar-refractivity contribution >= 4 is 17.2 Å². The summed E-state index contributed by atoms with van der Waals surface area (Å²) in [4.78, 5) is 19.5. The maximum Gasteiger partial charge on any atom is 0.170 e. The summed E-state index contributed by atoms with van der Waals surface area (Å²) in [6, 6.07) is 10.1. The van der Waals surface area contributed by atoms with Crippen molar-refractivity contribution in [3.8, 4) is 0 Å². The molecule has 0 saturated carbocycles. The molecule has 3 nitrogen and oxygen atoms in total. The van der Waals surface area contributed by atoms with Crippen LogP contribution in [0.15, 0.2) is 41.4 Å². The van der Waals surface area contributed by atoms with Crippen molar-refractivity contribution < 1.29 is 13.6 Å². The predicted molar refractivity (Wildman–Crippen MR) is 102 cm³/mol. The van der Waals surface area contributed by atoms with Crippen molar-refractivity contribution in [3.05, 3.63) is 64.7 Å². The number of hydrogen-bond donors (Lipinski definition) is 0. The zero-order chi connectivity index (χ0) is 18.8. The van der Waals surface area contributed by atoms with Gasteiger partial charge < -0.3 is 0 Å². The molecule has 0 N–H and O–H groups in total. The molecule has 0 bridgehead atoms. The van der Waals surface area contributed by atoms with Crippen LogP contribution in [0.1, 0.15) is 47.2 Å². The van der Waals surface area contributed by atoms with Gasteiger partial charge in [-0.2, -0.15) is 0 Å². The first-order chi connectivity index (χ1) is 13.1. The van der Waals surface area contributed by atoms with Gasteiger partial charge in [-0.15, -0.1) is 0 Å². The molecular formula is C22H22F2N2O. The SMILES string of the molecule is O=C1CC(CCc2cccc(F)c2F)=Nc2cc(CN3CCCC3)ccc21. The molecule has 27 heavy (non-hydrogen) atoms. The fraction of sp³-hybridized carbons (Fsp3) is 0.364. The second-order valence-electron chi connectivity index (χ2n) is 7.33. The molecule has 0 aliphatic carbocycles. The molecule has 5 heteroatoms. The van der Waals surface area contributed by atoms with Gasteiger partial charge in [0.2, 0.25) is 0 Å². The topological polar surface area (TPSA) is 32.7 Å². The van der Waals surface area contributed by atoms with E-state index in [4.69, 9.17) is 0 Å². The fourth-order valence-electron chi connectivity index (χ4n) is 3.86. The van der Waals surface area contributed by atoms with Gasteiger partial charge in [0.05, 0.1) is 5.69 Å². The van der Waals surface area contributed by atoms with E-state index in [1.165, 1.54) is 18.9 Å². The highest BCUT2D eigenvalue weighted by atomic mass is 19.2. The Balaban J connectivity index is 1.51. The number of likely N-dealkylation sites (tertiary alicyclic amines) is 1. The zero-order valence-corrected chi connectivity index (χ0v) is 15.2. The molecule has 0 unspecified atom stereocenters. The van der Waals surface area contributed by atoms with Crippen LogP contribution >= 0.6 is 0 Å². The lowest BCUT2D eigenvalue weighted by atomic mass is 9.95. The van der Waals surface area contributed by atoms with Gasteiger partial charge >= 0.3 is 0 Å². The minimum Gasteiger partial charge on any atom is -0.299 e. The van der Waals surface area contributed by atoms with Crippen molar-refractivity contribution in [2.75, 3.05) is 13.1 Å². The number of halogens is 2. The average Bonchev–Trinajstić information content (AvgIpc) is 3.16. The van der Waals surface area contributed by atoms with Crippen molar-refractivity contribution in [2.24, 2.45) is 4.99 Å². The Labute approximate surface area is 157 Å². The zero-order valence-electron chi connectivity index (χ0n) is 15.2. The number of ketones is 1. The quantitative estimate of drug-likeness (QED) is 0.756. The highest BCUT2D eigenvalue weighted by Gasteiger charge is 2.21. The lowest BCUT2D eigenvalue weighted by Gasteiger charge is -2.18. The minimum absolute atomic E-state index is 0.0439. The van der Waals surface area contributed by atoms with Gasteiger partial charge in [-0.25, -0.2) is 8.78 Å². The Hall–Kier alpha value is -2.40.